The van der Waals surface area contributed by atoms with Gasteiger partial charge in [0.25, 0.3) is 0 Å². The van der Waals surface area contributed by atoms with Gasteiger partial charge in [-0.25, -0.2) is 4.79 Å². The second-order valence-electron chi connectivity index (χ2n) is 5.33. The molecule has 0 aromatic heterocycles. The SMILES string of the molecule is CCN(Cc1ccc2c(c1)OCO2)C(=O)Nc1ccccc1SC. The van der Waals surface area contributed by atoms with Gasteiger partial charge in [0.05, 0.1) is 5.69 Å². The van der Waals surface area contributed by atoms with Crippen molar-refractivity contribution < 1.29 is 14.3 Å². The Kier molecular flexibility index (Phi) is 5.15. The Morgan fingerprint density at radius 1 is 1.21 bits per heavy atom. The van der Waals surface area contributed by atoms with Gasteiger partial charge < -0.3 is 19.7 Å². The zero-order valence-electron chi connectivity index (χ0n) is 13.7. The molecule has 0 radical (unpaired) electrons. The summed E-state index contributed by atoms with van der Waals surface area (Å²) in [4.78, 5) is 15.4. The van der Waals surface area contributed by atoms with Crippen molar-refractivity contribution in [3.05, 3.63) is 48.0 Å². The van der Waals surface area contributed by atoms with Crippen molar-refractivity contribution in [2.24, 2.45) is 0 Å². The number of hydrogen-bond acceptors (Lipinski definition) is 4. The zero-order valence-corrected chi connectivity index (χ0v) is 14.6. The van der Waals surface area contributed by atoms with Crippen LogP contribution >= 0.6 is 11.8 Å². The van der Waals surface area contributed by atoms with E-state index in [1.807, 2.05) is 55.6 Å². The predicted molar refractivity (Wildman–Crippen MR) is 95.9 cm³/mol. The van der Waals surface area contributed by atoms with E-state index >= 15 is 0 Å². The topological polar surface area (TPSA) is 50.8 Å². The van der Waals surface area contributed by atoms with Crippen LogP contribution in [0.3, 0.4) is 0 Å². The van der Waals surface area contributed by atoms with Gasteiger partial charge in [0.15, 0.2) is 11.5 Å². The summed E-state index contributed by atoms with van der Waals surface area (Å²) >= 11 is 1.61. The van der Waals surface area contributed by atoms with E-state index in [0.29, 0.717) is 13.1 Å². The third-order valence-electron chi connectivity index (χ3n) is 3.83. The van der Waals surface area contributed by atoms with Gasteiger partial charge in [-0.2, -0.15) is 0 Å². The van der Waals surface area contributed by atoms with Gasteiger partial charge in [0.2, 0.25) is 6.79 Å². The van der Waals surface area contributed by atoms with E-state index in [0.717, 1.165) is 27.6 Å². The van der Waals surface area contributed by atoms with Crippen LogP contribution in [0.5, 0.6) is 11.5 Å². The molecule has 0 atom stereocenters. The minimum Gasteiger partial charge on any atom is -0.454 e. The number of carbonyl (C=O) groups excluding carboxylic acids is 1. The minimum atomic E-state index is -0.114. The molecule has 2 aromatic rings. The van der Waals surface area contributed by atoms with Crippen LogP contribution < -0.4 is 14.8 Å². The second kappa shape index (κ2) is 7.49. The third kappa shape index (κ3) is 3.59. The minimum absolute atomic E-state index is 0.114. The Bertz CT molecular complexity index is 736. The van der Waals surface area contributed by atoms with Crippen LogP contribution in [0.1, 0.15) is 12.5 Å². The van der Waals surface area contributed by atoms with E-state index in [1.54, 1.807) is 16.7 Å². The summed E-state index contributed by atoms with van der Waals surface area (Å²) in [6.07, 6.45) is 2.00. The molecular formula is C18H20N2O3S. The number of benzene rings is 2. The van der Waals surface area contributed by atoms with Crippen molar-refractivity contribution in [1.29, 1.82) is 0 Å². The largest absolute Gasteiger partial charge is 0.454 e. The highest BCUT2D eigenvalue weighted by molar-refractivity contribution is 7.98. The number of urea groups is 1. The Morgan fingerprint density at radius 2 is 2.00 bits per heavy atom. The molecule has 1 aliphatic rings. The van der Waals surface area contributed by atoms with E-state index in [1.165, 1.54) is 0 Å². The summed E-state index contributed by atoms with van der Waals surface area (Å²) in [6, 6.07) is 13.4. The molecule has 1 aliphatic heterocycles. The molecule has 1 heterocycles. The molecule has 0 spiro atoms. The molecule has 0 unspecified atom stereocenters. The van der Waals surface area contributed by atoms with E-state index in [9.17, 15) is 4.79 Å². The third-order valence-corrected chi connectivity index (χ3v) is 4.62. The lowest BCUT2D eigenvalue weighted by molar-refractivity contribution is 0.174. The number of carbonyl (C=O) groups is 1. The maximum Gasteiger partial charge on any atom is 0.322 e. The van der Waals surface area contributed by atoms with E-state index in [2.05, 4.69) is 5.32 Å². The fourth-order valence-corrected chi connectivity index (χ4v) is 3.08. The smallest absolute Gasteiger partial charge is 0.322 e. The first-order valence-corrected chi connectivity index (χ1v) is 9.01. The van der Waals surface area contributed by atoms with E-state index in [-0.39, 0.29) is 12.8 Å². The van der Waals surface area contributed by atoms with Gasteiger partial charge in [-0.1, -0.05) is 18.2 Å². The van der Waals surface area contributed by atoms with Gasteiger partial charge >= 0.3 is 6.03 Å². The Morgan fingerprint density at radius 3 is 2.79 bits per heavy atom. The Labute approximate surface area is 145 Å². The number of hydrogen-bond donors (Lipinski definition) is 1. The lowest BCUT2D eigenvalue weighted by Crippen LogP contribution is -2.34. The quantitative estimate of drug-likeness (QED) is 0.826. The molecule has 3 rings (SSSR count). The molecule has 0 bridgehead atoms. The second-order valence-corrected chi connectivity index (χ2v) is 6.18. The molecule has 0 aliphatic carbocycles. The van der Waals surface area contributed by atoms with Crippen LogP contribution in [0.25, 0.3) is 0 Å². The number of para-hydroxylation sites is 1. The summed E-state index contributed by atoms with van der Waals surface area (Å²) < 4.78 is 10.7. The van der Waals surface area contributed by atoms with E-state index in [4.69, 9.17) is 9.47 Å². The van der Waals surface area contributed by atoms with Crippen LogP contribution in [0.2, 0.25) is 0 Å². The van der Waals surface area contributed by atoms with Crippen molar-refractivity contribution >= 4 is 23.5 Å². The van der Waals surface area contributed by atoms with Crippen molar-refractivity contribution in [2.75, 3.05) is 24.9 Å². The molecule has 0 saturated carbocycles. The zero-order chi connectivity index (χ0) is 16.9. The standard InChI is InChI=1S/C18H20N2O3S/c1-3-20(11-13-8-9-15-16(10-13)23-12-22-15)18(21)19-14-6-4-5-7-17(14)24-2/h4-10H,3,11-12H2,1-2H3,(H,19,21). The Hall–Kier alpha value is -2.34. The average molecular weight is 344 g/mol. The van der Waals surface area contributed by atoms with Crippen LogP contribution in [-0.2, 0) is 6.54 Å². The highest BCUT2D eigenvalue weighted by atomic mass is 32.2. The monoisotopic (exact) mass is 344 g/mol. The fourth-order valence-electron chi connectivity index (χ4n) is 2.53. The van der Waals surface area contributed by atoms with Gasteiger partial charge in [0, 0.05) is 18.0 Å². The van der Waals surface area contributed by atoms with Crippen LogP contribution in [-0.4, -0.2) is 30.5 Å². The van der Waals surface area contributed by atoms with Gasteiger partial charge in [-0.05, 0) is 43.0 Å². The predicted octanol–water partition coefficient (Wildman–Crippen LogP) is 4.19. The number of nitrogens with zero attached hydrogens (tertiary/aromatic N) is 1. The number of amides is 2. The number of anilines is 1. The number of ether oxygens (including phenoxy) is 2. The molecule has 2 aromatic carbocycles. The number of nitrogens with one attached hydrogen (secondary N) is 1. The molecule has 6 heteroatoms. The average Bonchev–Trinajstić information content (AvgIpc) is 3.07. The molecule has 5 nitrogen and oxygen atoms in total. The van der Waals surface area contributed by atoms with Crippen molar-refractivity contribution in [3.8, 4) is 11.5 Å². The maximum atomic E-state index is 12.6. The first-order chi connectivity index (χ1) is 11.7. The fraction of sp³-hybridized carbons (Fsp3) is 0.278. The summed E-state index contributed by atoms with van der Waals surface area (Å²) in [5.74, 6) is 1.48. The maximum absolute atomic E-state index is 12.6. The first kappa shape index (κ1) is 16.5. The normalized spacial score (nSPS) is 12.1. The molecule has 2 amide bonds. The van der Waals surface area contributed by atoms with Gasteiger partial charge in [0.1, 0.15) is 0 Å². The highest BCUT2D eigenvalue weighted by Crippen LogP contribution is 2.33. The van der Waals surface area contributed by atoms with Crippen molar-refractivity contribution in [2.45, 2.75) is 18.4 Å². The van der Waals surface area contributed by atoms with Crippen molar-refractivity contribution in [1.82, 2.24) is 4.90 Å². The lowest BCUT2D eigenvalue weighted by atomic mass is 10.2. The van der Waals surface area contributed by atoms with Crippen LogP contribution in [0, 0.1) is 0 Å². The van der Waals surface area contributed by atoms with Crippen LogP contribution in [0.4, 0.5) is 10.5 Å². The molecular weight excluding hydrogens is 324 g/mol. The van der Waals surface area contributed by atoms with Crippen molar-refractivity contribution in [3.63, 3.8) is 0 Å². The molecule has 1 N–H and O–H groups in total. The Balaban J connectivity index is 1.70. The molecule has 0 fully saturated rings. The summed E-state index contributed by atoms with van der Waals surface area (Å²) in [5, 5.41) is 3.00. The van der Waals surface area contributed by atoms with E-state index < -0.39 is 0 Å². The number of rotatable bonds is 5. The summed E-state index contributed by atoms with van der Waals surface area (Å²) in [5.41, 5.74) is 1.84. The first-order valence-electron chi connectivity index (χ1n) is 7.78. The molecule has 126 valence electrons. The van der Waals surface area contributed by atoms with Gasteiger partial charge in [-0.3, -0.25) is 0 Å². The van der Waals surface area contributed by atoms with Crippen LogP contribution in [0.15, 0.2) is 47.4 Å². The molecule has 0 saturated heterocycles. The number of thioether (sulfide) groups is 1. The number of fused-ring (bicyclic) bond motifs is 1. The summed E-state index contributed by atoms with van der Waals surface area (Å²) in [6.45, 7) is 3.34. The molecule has 24 heavy (non-hydrogen) atoms. The highest BCUT2D eigenvalue weighted by Gasteiger charge is 2.17. The summed E-state index contributed by atoms with van der Waals surface area (Å²) in [7, 11) is 0. The lowest BCUT2D eigenvalue weighted by Gasteiger charge is -2.22. The van der Waals surface area contributed by atoms with Gasteiger partial charge in [-0.15, -0.1) is 11.8 Å².